The zero-order valence-corrected chi connectivity index (χ0v) is 10.8. The first kappa shape index (κ1) is 13.0. The summed E-state index contributed by atoms with van der Waals surface area (Å²) in [4.78, 5) is 2.57. The zero-order valence-electron chi connectivity index (χ0n) is 10.8. The van der Waals surface area contributed by atoms with Gasteiger partial charge < -0.3 is 10.2 Å². The molecule has 0 amide bonds. The fraction of sp³-hybridized carbons (Fsp3) is 1.00. The predicted octanol–water partition coefficient (Wildman–Crippen LogP) is 2.35. The van der Waals surface area contributed by atoms with Crippen LogP contribution in [0, 0.1) is 11.8 Å². The van der Waals surface area contributed by atoms with Crippen LogP contribution in [0.3, 0.4) is 0 Å². The minimum absolute atomic E-state index is 0.784. The second-order valence-corrected chi connectivity index (χ2v) is 5.26. The molecule has 1 heterocycles. The third-order valence-corrected chi connectivity index (χ3v) is 3.44. The molecule has 0 aromatic heterocycles. The number of nitrogens with zero attached hydrogens (tertiary/aromatic N) is 1. The Balaban J connectivity index is 1.99. The van der Waals surface area contributed by atoms with Crippen LogP contribution >= 0.6 is 0 Å². The Bertz CT molecular complexity index is 149. The third kappa shape index (κ3) is 5.53. The summed E-state index contributed by atoms with van der Waals surface area (Å²) in [6, 6.07) is 0. The smallest absolute Gasteiger partial charge is 0.00162 e. The quantitative estimate of drug-likeness (QED) is 0.680. The summed E-state index contributed by atoms with van der Waals surface area (Å²) in [5, 5.41) is 3.54. The van der Waals surface area contributed by atoms with Crippen molar-refractivity contribution in [3.8, 4) is 0 Å². The predicted molar refractivity (Wildman–Crippen MR) is 67.2 cm³/mol. The highest BCUT2D eigenvalue weighted by atomic mass is 15.1. The summed E-state index contributed by atoms with van der Waals surface area (Å²) in [6.45, 7) is 13.1. The summed E-state index contributed by atoms with van der Waals surface area (Å²) in [5.41, 5.74) is 0. The number of hydrogen-bond acceptors (Lipinski definition) is 2. The van der Waals surface area contributed by atoms with Crippen LogP contribution < -0.4 is 5.32 Å². The summed E-state index contributed by atoms with van der Waals surface area (Å²) >= 11 is 0. The lowest BCUT2D eigenvalue weighted by Crippen LogP contribution is -2.34. The Hall–Kier alpha value is -0.0800. The summed E-state index contributed by atoms with van der Waals surface area (Å²) < 4.78 is 0. The van der Waals surface area contributed by atoms with Gasteiger partial charge in [-0.25, -0.2) is 0 Å². The highest BCUT2D eigenvalue weighted by Gasteiger charge is 2.17. The van der Waals surface area contributed by atoms with E-state index in [9.17, 15) is 0 Å². The van der Waals surface area contributed by atoms with Crippen molar-refractivity contribution in [3.63, 3.8) is 0 Å². The molecule has 0 unspecified atom stereocenters. The largest absolute Gasteiger partial charge is 0.316 e. The maximum absolute atomic E-state index is 3.54. The minimum Gasteiger partial charge on any atom is -0.316 e. The van der Waals surface area contributed by atoms with E-state index in [0.717, 1.165) is 11.8 Å². The fourth-order valence-electron chi connectivity index (χ4n) is 2.29. The van der Waals surface area contributed by atoms with Gasteiger partial charge in [-0.15, -0.1) is 0 Å². The molecule has 15 heavy (non-hydrogen) atoms. The van der Waals surface area contributed by atoms with Gasteiger partial charge >= 0.3 is 0 Å². The van der Waals surface area contributed by atoms with Gasteiger partial charge in [0.1, 0.15) is 0 Å². The van der Waals surface area contributed by atoms with E-state index < -0.39 is 0 Å². The molecular formula is C13H28N2. The summed E-state index contributed by atoms with van der Waals surface area (Å²) in [7, 11) is 0. The van der Waals surface area contributed by atoms with Crippen LogP contribution in [-0.2, 0) is 0 Å². The van der Waals surface area contributed by atoms with Crippen LogP contribution in [0.1, 0.15) is 40.0 Å². The second-order valence-electron chi connectivity index (χ2n) is 5.26. The Morgan fingerprint density at radius 3 is 2.47 bits per heavy atom. The van der Waals surface area contributed by atoms with Gasteiger partial charge in [0.05, 0.1) is 0 Å². The van der Waals surface area contributed by atoms with Crippen LogP contribution in [0.5, 0.6) is 0 Å². The van der Waals surface area contributed by atoms with Crippen LogP contribution in [-0.4, -0.2) is 37.6 Å². The normalized spacial score (nSPS) is 20.0. The zero-order chi connectivity index (χ0) is 11.1. The van der Waals surface area contributed by atoms with Crippen molar-refractivity contribution >= 4 is 0 Å². The number of hydrogen-bond donors (Lipinski definition) is 1. The number of rotatable bonds is 6. The van der Waals surface area contributed by atoms with Gasteiger partial charge in [-0.3, -0.25) is 0 Å². The minimum atomic E-state index is 0.784. The fourth-order valence-corrected chi connectivity index (χ4v) is 2.29. The first-order valence-electron chi connectivity index (χ1n) is 6.65. The molecule has 1 rings (SSSR count). The molecule has 2 nitrogen and oxygen atoms in total. The molecule has 0 bridgehead atoms. The Morgan fingerprint density at radius 2 is 1.93 bits per heavy atom. The molecule has 0 aromatic rings. The van der Waals surface area contributed by atoms with Crippen molar-refractivity contribution in [2.45, 2.75) is 40.0 Å². The molecule has 0 atom stereocenters. The highest BCUT2D eigenvalue weighted by molar-refractivity contribution is 4.72. The lowest BCUT2D eigenvalue weighted by Gasteiger charge is -2.31. The molecule has 0 saturated carbocycles. The molecule has 0 spiro atoms. The highest BCUT2D eigenvalue weighted by Crippen LogP contribution is 2.19. The first-order valence-corrected chi connectivity index (χ1v) is 6.65. The van der Waals surface area contributed by atoms with E-state index in [0.29, 0.717) is 0 Å². The molecule has 0 aliphatic carbocycles. The molecule has 1 N–H and O–H groups in total. The van der Waals surface area contributed by atoms with Crippen molar-refractivity contribution in [2.75, 3.05) is 32.7 Å². The molecule has 90 valence electrons. The molecule has 1 aliphatic heterocycles. The van der Waals surface area contributed by atoms with E-state index in [1.54, 1.807) is 0 Å². The Morgan fingerprint density at radius 1 is 1.27 bits per heavy atom. The van der Waals surface area contributed by atoms with Gasteiger partial charge in [0.2, 0.25) is 0 Å². The summed E-state index contributed by atoms with van der Waals surface area (Å²) in [5.74, 6) is 1.76. The maximum Gasteiger partial charge on any atom is -0.00162 e. The van der Waals surface area contributed by atoms with Crippen molar-refractivity contribution in [2.24, 2.45) is 11.8 Å². The van der Waals surface area contributed by atoms with Crippen molar-refractivity contribution in [1.29, 1.82) is 0 Å². The second kappa shape index (κ2) is 7.24. The molecule has 1 aliphatic rings. The molecular weight excluding hydrogens is 184 g/mol. The number of likely N-dealkylation sites (tertiary alicyclic amines) is 1. The SMILES string of the molecule is CCN1CCC(CCNCC(C)C)CC1. The van der Waals surface area contributed by atoms with Gasteiger partial charge in [-0.05, 0) is 63.8 Å². The standard InChI is InChI=1S/C13H28N2/c1-4-15-9-6-13(7-10-15)5-8-14-11-12(2)3/h12-14H,4-11H2,1-3H3. The lowest BCUT2D eigenvalue weighted by atomic mass is 9.93. The van der Waals surface area contributed by atoms with E-state index >= 15 is 0 Å². The first-order chi connectivity index (χ1) is 7.22. The van der Waals surface area contributed by atoms with Gasteiger partial charge in [0, 0.05) is 0 Å². The van der Waals surface area contributed by atoms with E-state index in [-0.39, 0.29) is 0 Å². The molecule has 0 radical (unpaired) electrons. The van der Waals surface area contributed by atoms with Crippen LogP contribution in [0.2, 0.25) is 0 Å². The van der Waals surface area contributed by atoms with E-state index in [4.69, 9.17) is 0 Å². The van der Waals surface area contributed by atoms with E-state index in [1.165, 1.54) is 52.0 Å². The molecule has 1 fully saturated rings. The van der Waals surface area contributed by atoms with Crippen molar-refractivity contribution < 1.29 is 0 Å². The van der Waals surface area contributed by atoms with Crippen LogP contribution in [0.4, 0.5) is 0 Å². The van der Waals surface area contributed by atoms with E-state index in [1.807, 2.05) is 0 Å². The van der Waals surface area contributed by atoms with Crippen LogP contribution in [0.15, 0.2) is 0 Å². The monoisotopic (exact) mass is 212 g/mol. The molecule has 0 aromatic carbocycles. The molecule has 1 saturated heterocycles. The van der Waals surface area contributed by atoms with Crippen molar-refractivity contribution in [3.05, 3.63) is 0 Å². The lowest BCUT2D eigenvalue weighted by molar-refractivity contribution is 0.186. The van der Waals surface area contributed by atoms with E-state index in [2.05, 4.69) is 31.0 Å². The maximum atomic E-state index is 3.54. The van der Waals surface area contributed by atoms with Gasteiger partial charge in [0.25, 0.3) is 0 Å². The van der Waals surface area contributed by atoms with Gasteiger partial charge in [-0.1, -0.05) is 20.8 Å². The summed E-state index contributed by atoms with van der Waals surface area (Å²) in [6.07, 6.45) is 4.21. The Kier molecular flexibility index (Phi) is 6.26. The number of piperidine rings is 1. The van der Waals surface area contributed by atoms with Gasteiger partial charge in [-0.2, -0.15) is 0 Å². The average molecular weight is 212 g/mol. The number of nitrogens with one attached hydrogen (secondary N) is 1. The molecule has 2 heteroatoms. The van der Waals surface area contributed by atoms with Crippen molar-refractivity contribution in [1.82, 2.24) is 10.2 Å². The third-order valence-electron chi connectivity index (χ3n) is 3.44. The van der Waals surface area contributed by atoms with Crippen LogP contribution in [0.25, 0.3) is 0 Å². The average Bonchev–Trinajstić information content (AvgIpc) is 2.25. The topological polar surface area (TPSA) is 15.3 Å². The Labute approximate surface area is 95.4 Å². The van der Waals surface area contributed by atoms with Gasteiger partial charge in [0.15, 0.2) is 0 Å².